The molecule has 114 valence electrons. The highest BCUT2D eigenvalue weighted by atomic mass is 16.1. The van der Waals surface area contributed by atoms with Crippen LogP contribution in [0.5, 0.6) is 0 Å². The minimum Gasteiger partial charge on any atom is -0.292 e. The molecular formula is C19H27NO. The molecule has 1 aliphatic carbocycles. The molecule has 0 aromatic heterocycles. The molecule has 2 fully saturated rings. The third kappa shape index (κ3) is 2.66. The average molecular weight is 285 g/mol. The van der Waals surface area contributed by atoms with Gasteiger partial charge in [-0.3, -0.25) is 9.69 Å². The first kappa shape index (κ1) is 14.8. The normalized spacial score (nSPS) is 31.0. The van der Waals surface area contributed by atoms with E-state index in [1.807, 2.05) is 30.3 Å². The van der Waals surface area contributed by atoms with E-state index < -0.39 is 0 Å². The molecule has 0 radical (unpaired) electrons. The number of nitrogens with zero attached hydrogens (tertiary/aromatic N) is 1. The summed E-state index contributed by atoms with van der Waals surface area (Å²) >= 11 is 0. The Morgan fingerprint density at radius 3 is 2.43 bits per heavy atom. The molecule has 0 N–H and O–H groups in total. The van der Waals surface area contributed by atoms with Gasteiger partial charge in [-0.2, -0.15) is 0 Å². The van der Waals surface area contributed by atoms with Crippen LogP contribution in [0.3, 0.4) is 0 Å². The number of likely N-dealkylation sites (tertiary alicyclic amines) is 1. The average Bonchev–Trinajstić information content (AvgIpc) is 2.56. The Bertz CT molecular complexity index is 478. The van der Waals surface area contributed by atoms with Crippen LogP contribution < -0.4 is 0 Å². The Balaban J connectivity index is 1.97. The van der Waals surface area contributed by atoms with E-state index in [9.17, 15) is 4.79 Å². The summed E-state index contributed by atoms with van der Waals surface area (Å²) in [5, 5.41) is 0. The Hall–Kier alpha value is -1.15. The van der Waals surface area contributed by atoms with Gasteiger partial charge in [0, 0.05) is 5.56 Å². The van der Waals surface area contributed by atoms with Crippen LogP contribution in [0, 0.1) is 5.92 Å². The van der Waals surface area contributed by atoms with Crippen molar-refractivity contribution >= 4 is 5.78 Å². The second kappa shape index (κ2) is 6.31. The smallest absolute Gasteiger partial charge is 0.183 e. The summed E-state index contributed by atoms with van der Waals surface area (Å²) < 4.78 is 0. The number of hydrogen-bond donors (Lipinski definition) is 0. The molecule has 2 atom stereocenters. The van der Waals surface area contributed by atoms with Gasteiger partial charge in [0.25, 0.3) is 0 Å². The highest BCUT2D eigenvalue weighted by Gasteiger charge is 2.49. The van der Waals surface area contributed by atoms with E-state index in [1.165, 1.54) is 38.5 Å². The number of carbonyl (C=O) groups is 1. The van der Waals surface area contributed by atoms with Crippen LogP contribution in [-0.2, 0) is 0 Å². The molecule has 1 heterocycles. The van der Waals surface area contributed by atoms with E-state index in [4.69, 9.17) is 0 Å². The SMILES string of the molecule is C[C@H]1CCCC[C@]1(C(=O)c1ccccc1)N1CCCCC1. The Labute approximate surface area is 128 Å². The van der Waals surface area contributed by atoms with Crippen molar-refractivity contribution in [3.05, 3.63) is 35.9 Å². The first-order valence-electron chi connectivity index (χ1n) is 8.60. The van der Waals surface area contributed by atoms with Gasteiger partial charge >= 0.3 is 0 Å². The Kier molecular flexibility index (Phi) is 4.44. The third-order valence-electron chi connectivity index (χ3n) is 5.61. The second-order valence-electron chi connectivity index (χ2n) is 6.81. The van der Waals surface area contributed by atoms with Crippen molar-refractivity contribution in [2.24, 2.45) is 5.92 Å². The number of ketones is 1. The third-order valence-corrected chi connectivity index (χ3v) is 5.61. The van der Waals surface area contributed by atoms with Gasteiger partial charge in [0.05, 0.1) is 5.54 Å². The lowest BCUT2D eigenvalue weighted by Gasteiger charge is -2.50. The van der Waals surface area contributed by atoms with Crippen molar-refractivity contribution in [3.63, 3.8) is 0 Å². The van der Waals surface area contributed by atoms with Crippen LogP contribution in [0.4, 0.5) is 0 Å². The van der Waals surface area contributed by atoms with Crippen molar-refractivity contribution in [1.82, 2.24) is 4.90 Å². The molecule has 0 bridgehead atoms. The maximum Gasteiger partial charge on any atom is 0.183 e. The summed E-state index contributed by atoms with van der Waals surface area (Å²) in [6.45, 7) is 4.50. The molecule has 1 aromatic carbocycles. The topological polar surface area (TPSA) is 20.3 Å². The molecule has 0 spiro atoms. The Morgan fingerprint density at radius 1 is 1.05 bits per heavy atom. The number of piperidine rings is 1. The lowest BCUT2D eigenvalue weighted by atomic mass is 9.68. The van der Waals surface area contributed by atoms with Crippen molar-refractivity contribution < 1.29 is 4.79 Å². The fourth-order valence-corrected chi connectivity index (χ4v) is 4.41. The van der Waals surface area contributed by atoms with Gasteiger partial charge in [0.2, 0.25) is 0 Å². The van der Waals surface area contributed by atoms with Crippen LogP contribution >= 0.6 is 0 Å². The molecule has 1 aromatic rings. The van der Waals surface area contributed by atoms with Crippen LogP contribution in [0.25, 0.3) is 0 Å². The first-order chi connectivity index (χ1) is 10.2. The molecule has 2 heteroatoms. The molecule has 1 aliphatic heterocycles. The molecule has 1 saturated carbocycles. The summed E-state index contributed by atoms with van der Waals surface area (Å²) in [4.78, 5) is 15.9. The molecular weight excluding hydrogens is 258 g/mol. The van der Waals surface area contributed by atoms with Gasteiger partial charge in [-0.15, -0.1) is 0 Å². The predicted octanol–water partition coefficient (Wildman–Crippen LogP) is 4.30. The van der Waals surface area contributed by atoms with E-state index in [0.29, 0.717) is 11.7 Å². The van der Waals surface area contributed by atoms with Gasteiger partial charge in [0.1, 0.15) is 0 Å². The monoisotopic (exact) mass is 285 g/mol. The van der Waals surface area contributed by atoms with Crippen LogP contribution in [-0.4, -0.2) is 29.3 Å². The zero-order valence-electron chi connectivity index (χ0n) is 13.2. The summed E-state index contributed by atoms with van der Waals surface area (Å²) in [5.74, 6) is 0.842. The zero-order valence-corrected chi connectivity index (χ0v) is 13.2. The lowest BCUT2D eigenvalue weighted by Crippen LogP contribution is -2.61. The van der Waals surface area contributed by atoms with Gasteiger partial charge < -0.3 is 0 Å². The highest BCUT2D eigenvalue weighted by molar-refractivity contribution is 6.03. The van der Waals surface area contributed by atoms with Crippen molar-refractivity contribution in [3.8, 4) is 0 Å². The number of benzene rings is 1. The second-order valence-corrected chi connectivity index (χ2v) is 6.81. The minimum absolute atomic E-state index is 0.236. The molecule has 1 saturated heterocycles. The fourth-order valence-electron chi connectivity index (χ4n) is 4.41. The Morgan fingerprint density at radius 2 is 1.76 bits per heavy atom. The summed E-state index contributed by atoms with van der Waals surface area (Å²) in [7, 11) is 0. The molecule has 0 amide bonds. The van der Waals surface area contributed by atoms with Crippen LogP contribution in [0.2, 0.25) is 0 Å². The number of hydrogen-bond acceptors (Lipinski definition) is 2. The van der Waals surface area contributed by atoms with Crippen LogP contribution in [0.15, 0.2) is 30.3 Å². The maximum atomic E-state index is 13.4. The number of rotatable bonds is 3. The largest absolute Gasteiger partial charge is 0.292 e. The first-order valence-corrected chi connectivity index (χ1v) is 8.60. The van der Waals surface area contributed by atoms with E-state index in [2.05, 4.69) is 11.8 Å². The molecule has 0 unspecified atom stereocenters. The van der Waals surface area contributed by atoms with Gasteiger partial charge in [-0.05, 0) is 44.7 Å². The highest BCUT2D eigenvalue weighted by Crippen LogP contribution is 2.42. The van der Waals surface area contributed by atoms with E-state index >= 15 is 0 Å². The molecule has 2 aliphatic rings. The van der Waals surface area contributed by atoms with E-state index in [-0.39, 0.29) is 5.54 Å². The molecule has 3 rings (SSSR count). The van der Waals surface area contributed by atoms with Gasteiger partial charge in [0.15, 0.2) is 5.78 Å². The summed E-state index contributed by atoms with van der Waals surface area (Å²) in [5.41, 5.74) is 0.664. The number of Topliss-reactive ketones (excluding diaryl/α,β-unsaturated/α-hetero) is 1. The zero-order chi connectivity index (χ0) is 14.7. The summed E-state index contributed by atoms with van der Waals surface area (Å²) in [6, 6.07) is 9.97. The number of carbonyl (C=O) groups excluding carboxylic acids is 1. The molecule has 2 nitrogen and oxygen atoms in total. The lowest BCUT2D eigenvalue weighted by molar-refractivity contribution is 0.00367. The predicted molar refractivity (Wildman–Crippen MR) is 86.6 cm³/mol. The van der Waals surface area contributed by atoms with E-state index in [1.54, 1.807) is 0 Å². The van der Waals surface area contributed by atoms with Crippen molar-refractivity contribution in [2.75, 3.05) is 13.1 Å². The van der Waals surface area contributed by atoms with Crippen LogP contribution in [0.1, 0.15) is 62.2 Å². The minimum atomic E-state index is -0.236. The summed E-state index contributed by atoms with van der Waals surface area (Å²) in [6.07, 6.45) is 8.52. The van der Waals surface area contributed by atoms with Gasteiger partial charge in [-0.25, -0.2) is 0 Å². The van der Waals surface area contributed by atoms with Crippen molar-refractivity contribution in [1.29, 1.82) is 0 Å². The van der Waals surface area contributed by atoms with E-state index in [0.717, 1.165) is 25.1 Å². The van der Waals surface area contributed by atoms with Crippen molar-refractivity contribution in [2.45, 2.75) is 57.4 Å². The fraction of sp³-hybridized carbons (Fsp3) is 0.632. The maximum absolute atomic E-state index is 13.4. The van der Waals surface area contributed by atoms with Gasteiger partial charge in [-0.1, -0.05) is 56.5 Å². The quantitative estimate of drug-likeness (QED) is 0.772. The molecule has 21 heavy (non-hydrogen) atoms. The standard InChI is InChI=1S/C19H27NO/c1-16-10-6-7-13-19(16,20-14-8-3-9-15-20)18(21)17-11-4-2-5-12-17/h2,4-5,11-12,16H,3,6-10,13-15H2,1H3/t16-,19-/m0/s1.